The lowest BCUT2D eigenvalue weighted by Crippen LogP contribution is -2.29. The second-order valence-electron chi connectivity index (χ2n) is 4.51. The van der Waals surface area contributed by atoms with Crippen LogP contribution in [0.2, 0.25) is 0 Å². The van der Waals surface area contributed by atoms with Gasteiger partial charge >= 0.3 is 0 Å². The molecule has 0 fully saturated rings. The van der Waals surface area contributed by atoms with Crippen LogP contribution in [0.3, 0.4) is 0 Å². The van der Waals surface area contributed by atoms with Gasteiger partial charge in [-0.25, -0.2) is 8.42 Å². The average molecular weight is 357 g/mol. The molecular weight excluding hydrogens is 344 g/mol. The van der Waals surface area contributed by atoms with E-state index < -0.39 is 10.0 Å². The zero-order valence-electron chi connectivity index (χ0n) is 10.5. The largest absolute Gasteiger partial charge is 0.452 e. The Morgan fingerprint density at radius 2 is 2.10 bits per heavy atom. The highest BCUT2D eigenvalue weighted by molar-refractivity contribution is 9.10. The summed E-state index contributed by atoms with van der Waals surface area (Å²) in [5.74, 6) is 0.433. The minimum Gasteiger partial charge on any atom is -0.452 e. The highest BCUT2D eigenvalue weighted by atomic mass is 79.9. The van der Waals surface area contributed by atoms with Gasteiger partial charge in [-0.05, 0) is 34.0 Å². The fourth-order valence-corrected chi connectivity index (χ4v) is 4.82. The second-order valence-corrected chi connectivity index (χ2v) is 7.06. The van der Waals surface area contributed by atoms with E-state index in [1.54, 1.807) is 0 Å². The molecule has 0 aliphatic carbocycles. The van der Waals surface area contributed by atoms with Crippen molar-refractivity contribution >= 4 is 31.6 Å². The lowest BCUT2D eigenvalue weighted by atomic mass is 10.2. The van der Waals surface area contributed by atoms with Crippen LogP contribution in [-0.2, 0) is 23.0 Å². The number of hydrogen-bond donors (Lipinski definition) is 1. The van der Waals surface area contributed by atoms with E-state index in [1.807, 2.05) is 24.3 Å². The standard InChI is InChI=1S/C13H13BrN2O3S/c14-13-12(7-10(8-15)19-13)20(17,18)16-6-5-9-3-1-2-4-11(9)16/h1-4,7H,5-6,8,15H2. The zero-order chi connectivity index (χ0) is 14.3. The molecule has 2 aromatic rings. The fraction of sp³-hybridized carbons (Fsp3) is 0.231. The molecule has 0 unspecified atom stereocenters. The summed E-state index contributed by atoms with van der Waals surface area (Å²) in [4.78, 5) is 0.120. The van der Waals surface area contributed by atoms with E-state index in [9.17, 15) is 8.42 Å². The van der Waals surface area contributed by atoms with Crippen molar-refractivity contribution < 1.29 is 12.8 Å². The third kappa shape index (κ3) is 2.06. The third-order valence-corrected chi connectivity index (χ3v) is 5.99. The number of benzene rings is 1. The first-order valence-electron chi connectivity index (χ1n) is 6.13. The van der Waals surface area contributed by atoms with Gasteiger partial charge in [0.2, 0.25) is 0 Å². The Balaban J connectivity index is 2.07. The Hall–Kier alpha value is -1.31. The maximum Gasteiger partial charge on any atom is 0.268 e. The van der Waals surface area contributed by atoms with E-state index in [0.717, 1.165) is 11.3 Å². The molecule has 3 rings (SSSR count). The number of fused-ring (bicyclic) bond motifs is 1. The fourth-order valence-electron chi connectivity index (χ4n) is 2.35. The van der Waals surface area contributed by atoms with E-state index in [0.29, 0.717) is 18.7 Å². The number of furan rings is 1. The predicted molar refractivity (Wildman–Crippen MR) is 79.0 cm³/mol. The summed E-state index contributed by atoms with van der Waals surface area (Å²) >= 11 is 3.15. The third-order valence-electron chi connectivity index (χ3n) is 3.32. The predicted octanol–water partition coefficient (Wildman–Crippen LogP) is 2.25. The zero-order valence-corrected chi connectivity index (χ0v) is 12.9. The number of anilines is 1. The molecule has 1 aromatic heterocycles. The summed E-state index contributed by atoms with van der Waals surface area (Å²) < 4.78 is 32.4. The van der Waals surface area contributed by atoms with Crippen molar-refractivity contribution in [2.75, 3.05) is 10.8 Å². The molecule has 2 heterocycles. The molecule has 0 saturated heterocycles. The van der Waals surface area contributed by atoms with Gasteiger partial charge in [-0.2, -0.15) is 0 Å². The summed E-state index contributed by atoms with van der Waals surface area (Å²) in [6.07, 6.45) is 0.717. The van der Waals surface area contributed by atoms with Crippen LogP contribution in [0.15, 0.2) is 44.3 Å². The highest BCUT2D eigenvalue weighted by Crippen LogP contribution is 2.35. The lowest BCUT2D eigenvalue weighted by molar-refractivity contribution is 0.484. The summed E-state index contributed by atoms with van der Waals surface area (Å²) in [7, 11) is -3.63. The van der Waals surface area contributed by atoms with E-state index in [1.165, 1.54) is 10.4 Å². The van der Waals surface area contributed by atoms with Crippen molar-refractivity contribution in [2.45, 2.75) is 17.9 Å². The molecule has 0 spiro atoms. The number of nitrogens with zero attached hydrogens (tertiary/aromatic N) is 1. The molecule has 5 nitrogen and oxygen atoms in total. The van der Waals surface area contributed by atoms with Crippen LogP contribution in [-0.4, -0.2) is 15.0 Å². The normalized spacial score (nSPS) is 14.6. The van der Waals surface area contributed by atoms with Crippen LogP contribution >= 0.6 is 15.9 Å². The van der Waals surface area contributed by atoms with Crippen molar-refractivity contribution in [3.05, 3.63) is 46.3 Å². The number of hydrogen-bond acceptors (Lipinski definition) is 4. The Kier molecular flexibility index (Phi) is 3.35. The van der Waals surface area contributed by atoms with Crippen LogP contribution in [0.4, 0.5) is 5.69 Å². The Bertz CT molecular complexity index is 755. The van der Waals surface area contributed by atoms with Crippen LogP contribution in [0, 0.1) is 0 Å². The minimum absolute atomic E-state index is 0.120. The van der Waals surface area contributed by atoms with Gasteiger partial charge in [-0.15, -0.1) is 0 Å². The van der Waals surface area contributed by atoms with Crippen LogP contribution < -0.4 is 10.0 Å². The SMILES string of the molecule is NCc1cc(S(=O)(=O)N2CCc3ccccc32)c(Br)o1. The molecule has 1 aromatic carbocycles. The van der Waals surface area contributed by atoms with E-state index >= 15 is 0 Å². The highest BCUT2D eigenvalue weighted by Gasteiger charge is 2.33. The van der Waals surface area contributed by atoms with E-state index in [4.69, 9.17) is 10.2 Å². The van der Waals surface area contributed by atoms with Gasteiger partial charge in [0, 0.05) is 12.6 Å². The van der Waals surface area contributed by atoms with Gasteiger partial charge in [-0.3, -0.25) is 4.31 Å². The minimum atomic E-state index is -3.63. The van der Waals surface area contributed by atoms with Crippen LogP contribution in [0.1, 0.15) is 11.3 Å². The van der Waals surface area contributed by atoms with Gasteiger partial charge in [0.25, 0.3) is 10.0 Å². The molecule has 0 atom stereocenters. The number of para-hydroxylation sites is 1. The number of sulfonamides is 1. The second kappa shape index (κ2) is 4.91. The van der Waals surface area contributed by atoms with Gasteiger partial charge in [-0.1, -0.05) is 18.2 Å². The summed E-state index contributed by atoms with van der Waals surface area (Å²) in [6, 6.07) is 8.98. The Morgan fingerprint density at radius 3 is 2.80 bits per heavy atom. The van der Waals surface area contributed by atoms with Crippen molar-refractivity contribution in [2.24, 2.45) is 5.73 Å². The molecule has 0 saturated carbocycles. The van der Waals surface area contributed by atoms with Crippen molar-refractivity contribution in [1.82, 2.24) is 0 Å². The van der Waals surface area contributed by atoms with Gasteiger partial charge in [0.15, 0.2) is 4.67 Å². The first-order chi connectivity index (χ1) is 9.54. The summed E-state index contributed by atoms with van der Waals surface area (Å²) in [5, 5.41) is 0. The smallest absolute Gasteiger partial charge is 0.268 e. The van der Waals surface area contributed by atoms with Crippen molar-refractivity contribution in [3.8, 4) is 0 Å². The molecule has 0 bridgehead atoms. The first-order valence-corrected chi connectivity index (χ1v) is 8.36. The molecule has 0 amide bonds. The van der Waals surface area contributed by atoms with Gasteiger partial charge in [0.05, 0.1) is 12.2 Å². The first kappa shape index (κ1) is 13.7. The number of nitrogens with two attached hydrogens (primary N) is 1. The van der Waals surface area contributed by atoms with Gasteiger partial charge < -0.3 is 10.2 Å². The number of halogens is 1. The van der Waals surface area contributed by atoms with Crippen molar-refractivity contribution in [1.29, 1.82) is 0 Å². The monoisotopic (exact) mass is 356 g/mol. The topological polar surface area (TPSA) is 76.5 Å². The summed E-state index contributed by atoms with van der Waals surface area (Å²) in [5.41, 5.74) is 7.25. The molecule has 1 aliphatic heterocycles. The molecular formula is C13H13BrN2O3S. The lowest BCUT2D eigenvalue weighted by Gasteiger charge is -2.18. The molecule has 20 heavy (non-hydrogen) atoms. The average Bonchev–Trinajstić information content (AvgIpc) is 3.02. The maximum absolute atomic E-state index is 12.7. The molecule has 7 heteroatoms. The Labute approximate surface area is 125 Å². The Morgan fingerprint density at radius 1 is 1.35 bits per heavy atom. The summed E-state index contributed by atoms with van der Waals surface area (Å²) in [6.45, 7) is 0.599. The quantitative estimate of drug-likeness (QED) is 0.914. The molecule has 0 radical (unpaired) electrons. The number of rotatable bonds is 3. The molecule has 2 N–H and O–H groups in total. The van der Waals surface area contributed by atoms with Crippen molar-refractivity contribution in [3.63, 3.8) is 0 Å². The van der Waals surface area contributed by atoms with E-state index in [2.05, 4.69) is 15.9 Å². The van der Waals surface area contributed by atoms with Gasteiger partial charge in [0.1, 0.15) is 10.7 Å². The van der Waals surface area contributed by atoms with E-state index in [-0.39, 0.29) is 16.1 Å². The maximum atomic E-state index is 12.7. The molecule has 1 aliphatic rings. The molecule has 106 valence electrons. The van der Waals surface area contributed by atoms with Crippen LogP contribution in [0.25, 0.3) is 0 Å². The van der Waals surface area contributed by atoms with Crippen LogP contribution in [0.5, 0.6) is 0 Å².